The van der Waals surface area contributed by atoms with Gasteiger partial charge in [-0.1, -0.05) is 19.8 Å². The fraction of sp³-hybridized carbons (Fsp3) is 0.517. The highest BCUT2D eigenvalue weighted by Crippen LogP contribution is 2.39. The number of anilines is 1. The number of likely N-dealkylation sites (tertiary alicyclic amines) is 1. The molecule has 0 spiro atoms. The molecule has 4 heterocycles. The highest BCUT2D eigenvalue weighted by molar-refractivity contribution is 5.92. The predicted octanol–water partition coefficient (Wildman–Crippen LogP) is 4.06. The molecule has 3 fully saturated rings. The van der Waals surface area contributed by atoms with E-state index in [2.05, 4.69) is 53.8 Å². The van der Waals surface area contributed by atoms with Gasteiger partial charge < -0.3 is 15.4 Å². The third-order valence-corrected chi connectivity index (χ3v) is 7.38. The summed E-state index contributed by atoms with van der Waals surface area (Å²) in [6.45, 7) is 9.76. The molecule has 0 bridgehead atoms. The van der Waals surface area contributed by atoms with Crippen molar-refractivity contribution in [3.63, 3.8) is 0 Å². The van der Waals surface area contributed by atoms with E-state index in [9.17, 15) is 5.11 Å². The van der Waals surface area contributed by atoms with E-state index in [1.807, 2.05) is 40.1 Å². The Morgan fingerprint density at radius 3 is 2.53 bits per heavy atom. The van der Waals surface area contributed by atoms with Crippen molar-refractivity contribution in [2.45, 2.75) is 71.1 Å². The number of aliphatic imine (C=N–C) groups is 1. The lowest BCUT2D eigenvalue weighted by Crippen LogP contribution is -2.48. The first-order valence-corrected chi connectivity index (χ1v) is 13.7. The van der Waals surface area contributed by atoms with Gasteiger partial charge in [-0.25, -0.2) is 9.97 Å². The highest BCUT2D eigenvalue weighted by atomic mass is 16.3. The number of nitrogens with two attached hydrogens (primary N) is 1. The van der Waals surface area contributed by atoms with Crippen LogP contribution in [0.5, 0.6) is 0 Å². The van der Waals surface area contributed by atoms with Gasteiger partial charge >= 0.3 is 0 Å². The lowest BCUT2D eigenvalue weighted by atomic mass is 10.0. The van der Waals surface area contributed by atoms with Crippen molar-refractivity contribution in [3.8, 4) is 23.1 Å². The molecule has 1 atom stereocenters. The summed E-state index contributed by atoms with van der Waals surface area (Å²) in [5, 5.41) is 15.3. The van der Waals surface area contributed by atoms with Crippen LogP contribution < -0.4 is 5.73 Å². The zero-order valence-electron chi connectivity index (χ0n) is 23.0. The molecule has 3 aromatic heterocycles. The van der Waals surface area contributed by atoms with Crippen molar-refractivity contribution >= 4 is 29.3 Å². The van der Waals surface area contributed by atoms with Crippen molar-refractivity contribution in [2.24, 2.45) is 18.0 Å². The Labute approximate surface area is 224 Å². The molecule has 3 aromatic rings. The van der Waals surface area contributed by atoms with Gasteiger partial charge in [0.05, 0.1) is 12.2 Å². The number of rotatable bonds is 6. The third kappa shape index (κ3) is 5.38. The molecule has 1 unspecified atom stereocenters. The number of aliphatic hydroxyl groups is 1. The van der Waals surface area contributed by atoms with Gasteiger partial charge in [0.2, 0.25) is 5.95 Å². The smallest absolute Gasteiger partial charge is 0.221 e. The summed E-state index contributed by atoms with van der Waals surface area (Å²) in [6, 6.07) is 1.18. The van der Waals surface area contributed by atoms with E-state index in [0.717, 1.165) is 43.1 Å². The maximum absolute atomic E-state index is 10.7. The summed E-state index contributed by atoms with van der Waals surface area (Å²) in [5.41, 5.74) is 9.64. The van der Waals surface area contributed by atoms with E-state index in [1.165, 1.54) is 12.8 Å². The number of hydrogen-bond acceptors (Lipinski definition) is 7. The monoisotopic (exact) mass is 514 g/mol. The van der Waals surface area contributed by atoms with Crippen molar-refractivity contribution in [3.05, 3.63) is 29.9 Å². The number of hydrogen-bond donors (Lipinski definition) is 2. The lowest BCUT2D eigenvalue weighted by Gasteiger charge is -2.40. The fourth-order valence-electron chi connectivity index (χ4n) is 4.99. The summed E-state index contributed by atoms with van der Waals surface area (Å²) < 4.78 is 4.00. The summed E-state index contributed by atoms with van der Waals surface area (Å²) in [7, 11) is 1.86. The van der Waals surface area contributed by atoms with E-state index in [4.69, 9.17) is 5.73 Å². The largest absolute Gasteiger partial charge is 0.378 e. The van der Waals surface area contributed by atoms with E-state index in [-0.39, 0.29) is 11.9 Å². The van der Waals surface area contributed by atoms with Crippen LogP contribution in [0.2, 0.25) is 0 Å². The normalized spacial score (nSPS) is 20.0. The highest BCUT2D eigenvalue weighted by Gasteiger charge is 2.39. The molecule has 6 rings (SSSR count). The molecule has 9 nitrogen and oxygen atoms in total. The Morgan fingerprint density at radius 2 is 1.87 bits per heavy atom. The molecule has 2 aliphatic carbocycles. The molecule has 0 aromatic carbocycles. The zero-order valence-corrected chi connectivity index (χ0v) is 23.0. The van der Waals surface area contributed by atoms with Crippen LogP contribution in [0.3, 0.4) is 0 Å². The van der Waals surface area contributed by atoms with Gasteiger partial charge in [0.1, 0.15) is 28.0 Å². The van der Waals surface area contributed by atoms with Crippen LogP contribution >= 0.6 is 0 Å². The van der Waals surface area contributed by atoms with Crippen LogP contribution in [0, 0.1) is 17.8 Å². The maximum atomic E-state index is 10.7. The predicted molar refractivity (Wildman–Crippen MR) is 152 cm³/mol. The van der Waals surface area contributed by atoms with Gasteiger partial charge in [0.15, 0.2) is 0 Å². The van der Waals surface area contributed by atoms with Crippen LogP contribution in [0.1, 0.15) is 65.0 Å². The Hall–Kier alpha value is -3.48. The van der Waals surface area contributed by atoms with E-state index >= 15 is 0 Å². The number of aromatic nitrogens is 5. The molecule has 38 heavy (non-hydrogen) atoms. The molecular weight excluding hydrogens is 476 g/mol. The maximum Gasteiger partial charge on any atom is 0.221 e. The Kier molecular flexibility index (Phi) is 7.12. The number of aryl methyl sites for hydroxylation is 1. The summed E-state index contributed by atoms with van der Waals surface area (Å²) >= 11 is 0. The lowest BCUT2D eigenvalue weighted by molar-refractivity contribution is 0.0980. The second-order valence-electron chi connectivity index (χ2n) is 10.5. The molecule has 9 heteroatoms. The van der Waals surface area contributed by atoms with Crippen molar-refractivity contribution in [2.75, 3.05) is 18.8 Å². The van der Waals surface area contributed by atoms with Crippen LogP contribution in [0.25, 0.3) is 28.4 Å². The van der Waals surface area contributed by atoms with Crippen LogP contribution in [-0.4, -0.2) is 65.3 Å². The Morgan fingerprint density at radius 1 is 1.13 bits per heavy atom. The summed E-state index contributed by atoms with van der Waals surface area (Å²) in [6.07, 6.45) is 14.5. The van der Waals surface area contributed by atoms with Gasteiger partial charge in [-0.05, 0) is 57.4 Å². The van der Waals surface area contributed by atoms with Crippen LogP contribution in [0.15, 0.2) is 29.3 Å². The number of nitrogens with zero attached hydrogens (tertiary/aromatic N) is 7. The first-order valence-electron chi connectivity index (χ1n) is 13.7. The number of nitrogen functional groups attached to an aromatic ring is 1. The second-order valence-corrected chi connectivity index (χ2v) is 10.5. The topological polar surface area (TPSA) is 110 Å². The van der Waals surface area contributed by atoms with Crippen LogP contribution in [0.4, 0.5) is 5.95 Å². The Bertz CT molecular complexity index is 1440. The van der Waals surface area contributed by atoms with Gasteiger partial charge in [-0.2, -0.15) is 5.10 Å². The SMILES string of the molecule is CC.CC=N/C(C#CC(C)(O)C1CC1)=C\c1cn(C2CN(C3CC3)C2)cc1-c1nc(N)nc2cn(C)nc12. The quantitative estimate of drug-likeness (QED) is 0.379. The van der Waals surface area contributed by atoms with E-state index < -0.39 is 5.60 Å². The average molecular weight is 515 g/mol. The molecule has 0 amide bonds. The van der Waals surface area contributed by atoms with Crippen molar-refractivity contribution in [1.29, 1.82) is 0 Å². The van der Waals surface area contributed by atoms with Gasteiger partial charge in [0.25, 0.3) is 0 Å². The Balaban J connectivity index is 0.00000144. The minimum absolute atomic E-state index is 0.212. The van der Waals surface area contributed by atoms with Gasteiger partial charge in [0, 0.05) is 55.9 Å². The van der Waals surface area contributed by atoms with Gasteiger partial charge in [-0.3, -0.25) is 14.6 Å². The first-order chi connectivity index (χ1) is 18.3. The van der Waals surface area contributed by atoms with E-state index in [0.29, 0.717) is 28.5 Å². The molecule has 1 saturated heterocycles. The molecular formula is C29H38N8O. The first kappa shape index (κ1) is 26.1. The van der Waals surface area contributed by atoms with Gasteiger partial charge in [-0.15, -0.1) is 0 Å². The average Bonchev–Trinajstić information content (AvgIpc) is 3.78. The van der Waals surface area contributed by atoms with Crippen molar-refractivity contribution in [1.82, 2.24) is 29.2 Å². The molecule has 3 N–H and O–H groups in total. The zero-order chi connectivity index (χ0) is 27.0. The standard InChI is InChI=1S/C27H32N8O.C2H6/c1-4-29-19(9-10-27(2,36)18-5-6-18)11-17-12-34(21-13-35(14-21)20-7-8-20)15-22(17)24-25-23(16-33(3)32-25)30-26(28)31-24;1-2/h4,11-12,15-16,18,20-21,36H,5-8,13-14H2,1-3H3,(H2,28,30);1-2H3/b19-11-,29-4?;. The number of allylic oxidation sites excluding steroid dienone is 1. The third-order valence-electron chi connectivity index (χ3n) is 7.38. The second kappa shape index (κ2) is 10.4. The minimum atomic E-state index is -1.00. The number of fused-ring (bicyclic) bond motifs is 1. The molecule has 0 radical (unpaired) electrons. The molecule has 3 aliphatic rings. The van der Waals surface area contributed by atoms with Crippen molar-refractivity contribution < 1.29 is 5.11 Å². The molecule has 1 aliphatic heterocycles. The van der Waals surface area contributed by atoms with E-state index in [1.54, 1.807) is 17.8 Å². The minimum Gasteiger partial charge on any atom is -0.378 e. The molecule has 200 valence electrons. The summed E-state index contributed by atoms with van der Waals surface area (Å²) in [4.78, 5) is 16.0. The van der Waals surface area contributed by atoms with Crippen LogP contribution in [-0.2, 0) is 7.05 Å². The molecule has 2 saturated carbocycles. The fourth-order valence-corrected chi connectivity index (χ4v) is 4.99. The summed E-state index contributed by atoms with van der Waals surface area (Å²) in [5.74, 6) is 6.63.